The maximum absolute atomic E-state index is 12.2. The largest absolute Gasteiger partial charge is 0.493 e. The molecule has 2 aromatic rings. The summed E-state index contributed by atoms with van der Waals surface area (Å²) in [5.74, 6) is 0.951. The number of methoxy groups -OCH3 is 2. The normalized spacial score (nSPS) is 9.92. The van der Waals surface area contributed by atoms with Crippen molar-refractivity contribution in [2.45, 2.75) is 6.54 Å². The molecule has 0 heterocycles. The molecule has 0 aliphatic rings. The van der Waals surface area contributed by atoms with Gasteiger partial charge in [0.05, 0.1) is 14.2 Å². The Morgan fingerprint density at radius 1 is 1.04 bits per heavy atom. The summed E-state index contributed by atoms with van der Waals surface area (Å²) in [7, 11) is 3.11. The zero-order valence-electron chi connectivity index (χ0n) is 13.5. The first-order chi connectivity index (χ1) is 11.5. The summed E-state index contributed by atoms with van der Waals surface area (Å²) in [6, 6.07) is 11.2. The second kappa shape index (κ2) is 7.87. The highest BCUT2D eigenvalue weighted by Gasteiger charge is 2.09. The molecule has 2 rings (SSSR count). The van der Waals surface area contributed by atoms with Crippen LogP contribution in [0.15, 0.2) is 42.5 Å². The van der Waals surface area contributed by atoms with Gasteiger partial charge in [0.2, 0.25) is 0 Å². The van der Waals surface area contributed by atoms with Crippen molar-refractivity contribution in [3.63, 3.8) is 0 Å². The first-order valence-electron chi connectivity index (χ1n) is 7.19. The molecule has 4 N–H and O–H groups in total. The van der Waals surface area contributed by atoms with Crippen molar-refractivity contribution in [3.8, 4) is 11.5 Å². The Bertz CT molecular complexity index is 746. The van der Waals surface area contributed by atoms with Crippen molar-refractivity contribution in [2.24, 2.45) is 5.73 Å². The lowest BCUT2D eigenvalue weighted by Gasteiger charge is -2.11. The van der Waals surface area contributed by atoms with Crippen LogP contribution in [0.25, 0.3) is 0 Å². The van der Waals surface area contributed by atoms with Gasteiger partial charge in [0, 0.05) is 17.8 Å². The maximum atomic E-state index is 12.2. The lowest BCUT2D eigenvalue weighted by Crippen LogP contribution is -2.23. The van der Waals surface area contributed by atoms with E-state index in [0.29, 0.717) is 29.3 Å². The van der Waals surface area contributed by atoms with Crippen LogP contribution in [0.2, 0.25) is 0 Å². The SMILES string of the molecule is COc1ccc(CNC(=O)c2cccc(NC(N)=O)c2)cc1OC. The summed E-state index contributed by atoms with van der Waals surface area (Å²) in [6.45, 7) is 0.326. The smallest absolute Gasteiger partial charge is 0.316 e. The summed E-state index contributed by atoms with van der Waals surface area (Å²) in [6.07, 6.45) is 0. The van der Waals surface area contributed by atoms with Crippen LogP contribution in [0.5, 0.6) is 11.5 Å². The van der Waals surface area contributed by atoms with Gasteiger partial charge in [-0.25, -0.2) is 4.79 Å². The van der Waals surface area contributed by atoms with Crippen LogP contribution >= 0.6 is 0 Å². The Kier molecular flexibility index (Phi) is 5.62. The minimum Gasteiger partial charge on any atom is -0.493 e. The Balaban J connectivity index is 2.04. The highest BCUT2D eigenvalue weighted by Crippen LogP contribution is 2.27. The van der Waals surface area contributed by atoms with Crippen LogP contribution in [0.1, 0.15) is 15.9 Å². The third-order valence-corrected chi connectivity index (χ3v) is 3.29. The van der Waals surface area contributed by atoms with E-state index in [1.54, 1.807) is 50.6 Å². The van der Waals surface area contributed by atoms with Crippen molar-refractivity contribution in [1.82, 2.24) is 5.32 Å². The van der Waals surface area contributed by atoms with Gasteiger partial charge >= 0.3 is 6.03 Å². The monoisotopic (exact) mass is 329 g/mol. The van der Waals surface area contributed by atoms with E-state index in [2.05, 4.69) is 10.6 Å². The van der Waals surface area contributed by atoms with Crippen LogP contribution in [0.4, 0.5) is 10.5 Å². The minimum atomic E-state index is -0.683. The Morgan fingerprint density at radius 3 is 2.46 bits per heavy atom. The molecule has 0 fully saturated rings. The van der Waals surface area contributed by atoms with Crippen LogP contribution in [0.3, 0.4) is 0 Å². The number of hydrogen-bond donors (Lipinski definition) is 3. The molecule has 0 spiro atoms. The number of primary amides is 1. The van der Waals surface area contributed by atoms with E-state index in [1.807, 2.05) is 6.07 Å². The van der Waals surface area contributed by atoms with Gasteiger partial charge < -0.3 is 25.8 Å². The Labute approximate surface area is 139 Å². The highest BCUT2D eigenvalue weighted by atomic mass is 16.5. The summed E-state index contributed by atoms with van der Waals surface area (Å²) in [5.41, 5.74) is 6.81. The van der Waals surface area contributed by atoms with Crippen molar-refractivity contribution in [1.29, 1.82) is 0 Å². The van der Waals surface area contributed by atoms with E-state index >= 15 is 0 Å². The lowest BCUT2D eigenvalue weighted by atomic mass is 10.1. The average Bonchev–Trinajstić information content (AvgIpc) is 2.59. The number of nitrogens with one attached hydrogen (secondary N) is 2. The molecule has 0 aliphatic heterocycles. The molecule has 0 saturated carbocycles. The standard InChI is InChI=1S/C17H19N3O4/c1-23-14-7-6-11(8-15(14)24-2)10-19-16(21)12-4-3-5-13(9-12)20-17(18)22/h3-9H,10H2,1-2H3,(H,19,21)(H3,18,20,22). The number of nitrogens with two attached hydrogens (primary N) is 1. The molecular weight excluding hydrogens is 310 g/mol. The third-order valence-electron chi connectivity index (χ3n) is 3.29. The molecular formula is C17H19N3O4. The summed E-state index contributed by atoms with van der Waals surface area (Å²) >= 11 is 0. The lowest BCUT2D eigenvalue weighted by molar-refractivity contribution is 0.0951. The number of benzene rings is 2. The van der Waals surface area contributed by atoms with Gasteiger partial charge in [-0.1, -0.05) is 12.1 Å². The molecule has 0 atom stereocenters. The number of hydrogen-bond acceptors (Lipinski definition) is 4. The number of rotatable bonds is 6. The van der Waals surface area contributed by atoms with Gasteiger partial charge in [-0.15, -0.1) is 0 Å². The zero-order chi connectivity index (χ0) is 17.5. The molecule has 3 amide bonds. The van der Waals surface area contributed by atoms with E-state index in [-0.39, 0.29) is 5.91 Å². The fraction of sp³-hybridized carbons (Fsp3) is 0.176. The number of amides is 3. The van der Waals surface area contributed by atoms with Gasteiger partial charge in [0.15, 0.2) is 11.5 Å². The van der Waals surface area contributed by atoms with Crippen molar-refractivity contribution >= 4 is 17.6 Å². The first-order valence-corrected chi connectivity index (χ1v) is 7.19. The molecule has 24 heavy (non-hydrogen) atoms. The van der Waals surface area contributed by atoms with E-state index in [4.69, 9.17) is 15.2 Å². The molecule has 126 valence electrons. The van der Waals surface area contributed by atoms with Crippen LogP contribution < -0.4 is 25.8 Å². The second-order valence-corrected chi connectivity index (χ2v) is 4.94. The molecule has 0 unspecified atom stereocenters. The van der Waals surface area contributed by atoms with E-state index < -0.39 is 6.03 Å². The van der Waals surface area contributed by atoms with Crippen LogP contribution in [-0.4, -0.2) is 26.2 Å². The van der Waals surface area contributed by atoms with Gasteiger partial charge in [0.25, 0.3) is 5.91 Å². The number of carbonyl (C=O) groups excluding carboxylic acids is 2. The molecule has 0 bridgehead atoms. The quantitative estimate of drug-likeness (QED) is 0.755. The van der Waals surface area contributed by atoms with E-state index in [0.717, 1.165) is 5.56 Å². The first kappa shape index (κ1) is 17.1. The van der Waals surface area contributed by atoms with Crippen molar-refractivity contribution in [3.05, 3.63) is 53.6 Å². The van der Waals surface area contributed by atoms with Gasteiger partial charge in [-0.05, 0) is 35.9 Å². The maximum Gasteiger partial charge on any atom is 0.316 e. The minimum absolute atomic E-state index is 0.266. The van der Waals surface area contributed by atoms with Crippen molar-refractivity contribution in [2.75, 3.05) is 19.5 Å². The zero-order valence-corrected chi connectivity index (χ0v) is 13.5. The van der Waals surface area contributed by atoms with E-state index in [9.17, 15) is 9.59 Å². The Morgan fingerprint density at radius 2 is 1.79 bits per heavy atom. The predicted octanol–water partition coefficient (Wildman–Crippen LogP) is 2.12. The summed E-state index contributed by atoms with van der Waals surface area (Å²) in [4.78, 5) is 23.1. The van der Waals surface area contributed by atoms with Crippen LogP contribution in [-0.2, 0) is 6.54 Å². The topological polar surface area (TPSA) is 103 Å². The number of urea groups is 1. The predicted molar refractivity (Wildman–Crippen MR) is 90.4 cm³/mol. The molecule has 2 aromatic carbocycles. The summed E-state index contributed by atoms with van der Waals surface area (Å²) < 4.78 is 10.4. The molecule has 0 aromatic heterocycles. The summed E-state index contributed by atoms with van der Waals surface area (Å²) in [5, 5.41) is 5.24. The molecule has 0 radical (unpaired) electrons. The third kappa shape index (κ3) is 4.39. The average molecular weight is 329 g/mol. The number of anilines is 1. The second-order valence-electron chi connectivity index (χ2n) is 4.94. The fourth-order valence-corrected chi connectivity index (χ4v) is 2.16. The fourth-order valence-electron chi connectivity index (χ4n) is 2.16. The van der Waals surface area contributed by atoms with Gasteiger partial charge in [-0.3, -0.25) is 4.79 Å². The van der Waals surface area contributed by atoms with Crippen molar-refractivity contribution < 1.29 is 19.1 Å². The molecule has 0 saturated heterocycles. The molecule has 7 heteroatoms. The molecule has 7 nitrogen and oxygen atoms in total. The highest BCUT2D eigenvalue weighted by molar-refractivity contribution is 5.96. The van der Waals surface area contributed by atoms with Crippen LogP contribution in [0, 0.1) is 0 Å². The number of ether oxygens (including phenoxy) is 2. The Hall–Kier alpha value is -3.22. The van der Waals surface area contributed by atoms with Gasteiger partial charge in [0.1, 0.15) is 0 Å². The molecule has 0 aliphatic carbocycles. The number of carbonyl (C=O) groups is 2. The van der Waals surface area contributed by atoms with E-state index in [1.165, 1.54) is 0 Å². The van der Waals surface area contributed by atoms with Gasteiger partial charge in [-0.2, -0.15) is 0 Å².